The molecule has 11 fully saturated rings. The summed E-state index contributed by atoms with van der Waals surface area (Å²) in [5.74, 6) is 2.76. The summed E-state index contributed by atoms with van der Waals surface area (Å²) in [5, 5.41) is 153. The van der Waals surface area contributed by atoms with Crippen LogP contribution >= 0.6 is 0 Å². The third-order valence-corrected chi connectivity index (χ3v) is 21.7. The molecule has 1 spiro atoms. The SMILES string of the molecule is C[C@@H]1CC[C@@]2(OC1)O[C@@H]1C[C@H]3[C@@H]4CC[C@H]5C[C@H](O[C@@H]6O[C@H](CO)[C@@H](O)[C@H](O[C@H]7O[C@@H](CO)[C@H](O[C@H]8OC[C@H](O)[C@@H](O)[C@@H]8O)[C@@H](O)[C@@H]7O[C@H]7O[C@@H](CO)[C@H](O)[C@@H](O)[C@@H]7O[C@H]7OC[C@H](O)[C@@H](O)[C@@H]7O)[C@H]6O)CC[C@@]5(C)[C@H]4CC[C@@]3(C)[C@@H]1[C@H]2C. The summed E-state index contributed by atoms with van der Waals surface area (Å²) in [5.41, 5.74) is 0.197. The van der Waals surface area contributed by atoms with Crippen molar-refractivity contribution in [1.82, 2.24) is 0 Å². The van der Waals surface area contributed by atoms with Crippen molar-refractivity contribution in [1.29, 1.82) is 0 Å². The highest BCUT2D eigenvalue weighted by molar-refractivity contribution is 5.16. The monoisotopic (exact) mass is 1170 g/mol. The van der Waals surface area contributed by atoms with E-state index in [2.05, 4.69) is 27.7 Å². The molecule has 11 rings (SSSR count). The Hall–Kier alpha value is -1.04. The summed E-state index contributed by atoms with van der Waals surface area (Å²) in [4.78, 5) is 0. The number of aliphatic hydroxyl groups excluding tert-OH is 14. The molecule has 0 aromatic rings. The Bertz CT molecular complexity index is 2090. The molecule has 35 atom stereocenters. The van der Waals surface area contributed by atoms with E-state index in [0.29, 0.717) is 54.3 Å². The second kappa shape index (κ2) is 24.2. The Labute approximate surface area is 470 Å². The molecule has 7 saturated heterocycles. The van der Waals surface area contributed by atoms with Crippen LogP contribution in [-0.4, -0.2) is 270 Å². The number of hydrogen-bond donors (Lipinski definition) is 14. The van der Waals surface area contributed by atoms with Crippen LogP contribution < -0.4 is 0 Å². The minimum atomic E-state index is -2.09. The zero-order valence-corrected chi connectivity index (χ0v) is 46.4. The van der Waals surface area contributed by atoms with Crippen molar-refractivity contribution in [2.24, 2.45) is 52.3 Å². The first-order valence-electron chi connectivity index (χ1n) is 29.7. The zero-order valence-electron chi connectivity index (χ0n) is 46.4. The van der Waals surface area contributed by atoms with E-state index in [4.69, 9.17) is 56.8 Å². The minimum absolute atomic E-state index is 0.0330. The molecule has 14 N–H and O–H groups in total. The predicted molar refractivity (Wildman–Crippen MR) is 269 cm³/mol. The highest BCUT2D eigenvalue weighted by Crippen LogP contribution is 2.71. The van der Waals surface area contributed by atoms with Gasteiger partial charge in [0.05, 0.1) is 51.8 Å². The molecule has 11 aliphatic rings. The minimum Gasteiger partial charge on any atom is -0.394 e. The van der Waals surface area contributed by atoms with Crippen LogP contribution in [0.15, 0.2) is 0 Å². The second-order valence-corrected chi connectivity index (χ2v) is 26.2. The lowest BCUT2D eigenvalue weighted by Gasteiger charge is -2.61. The van der Waals surface area contributed by atoms with Crippen molar-refractivity contribution >= 4 is 0 Å². The van der Waals surface area contributed by atoms with Crippen molar-refractivity contribution in [3.8, 4) is 0 Å². The van der Waals surface area contributed by atoms with Crippen molar-refractivity contribution in [2.75, 3.05) is 39.6 Å². The van der Waals surface area contributed by atoms with E-state index < -0.39 is 186 Å². The topological polar surface area (TPSA) is 394 Å². The van der Waals surface area contributed by atoms with Crippen LogP contribution in [0.25, 0.3) is 0 Å². The van der Waals surface area contributed by atoms with Crippen LogP contribution in [0.5, 0.6) is 0 Å². The fraction of sp³-hybridized carbons (Fsp3) is 1.00. The number of rotatable bonds is 13. The van der Waals surface area contributed by atoms with Gasteiger partial charge < -0.3 is 128 Å². The first-order chi connectivity index (χ1) is 38.6. The van der Waals surface area contributed by atoms with Gasteiger partial charge in [0.25, 0.3) is 0 Å². The quantitative estimate of drug-likeness (QED) is 0.0786. The molecular weight excluding hydrogens is 1080 g/mol. The van der Waals surface area contributed by atoms with Gasteiger partial charge in [-0.1, -0.05) is 27.7 Å². The maximum absolute atomic E-state index is 12.3. The summed E-state index contributed by atoms with van der Waals surface area (Å²) >= 11 is 0. The van der Waals surface area contributed by atoms with Gasteiger partial charge >= 0.3 is 0 Å². The van der Waals surface area contributed by atoms with Crippen molar-refractivity contribution < 1.29 is 128 Å². The first kappa shape index (κ1) is 61.6. The van der Waals surface area contributed by atoms with Crippen LogP contribution in [0.2, 0.25) is 0 Å². The van der Waals surface area contributed by atoms with E-state index in [-0.39, 0.29) is 16.9 Å². The summed E-state index contributed by atoms with van der Waals surface area (Å²) in [7, 11) is 0. The molecule has 0 aromatic carbocycles. The molecule has 4 saturated carbocycles. The average molecular weight is 1170 g/mol. The summed E-state index contributed by atoms with van der Waals surface area (Å²) in [6, 6.07) is 0. The molecule has 7 heterocycles. The Morgan fingerprint density at radius 2 is 1.02 bits per heavy atom. The highest BCUT2D eigenvalue weighted by atomic mass is 16.8. The fourth-order valence-corrected chi connectivity index (χ4v) is 17.1. The van der Waals surface area contributed by atoms with Gasteiger partial charge in [-0.05, 0) is 104 Å². The van der Waals surface area contributed by atoms with Gasteiger partial charge in [-0.2, -0.15) is 0 Å². The number of fused-ring (bicyclic) bond motifs is 7. The molecule has 4 aliphatic carbocycles. The van der Waals surface area contributed by atoms with E-state index >= 15 is 0 Å². The van der Waals surface area contributed by atoms with E-state index in [1.807, 2.05) is 0 Å². The molecule has 26 nitrogen and oxygen atoms in total. The molecule has 26 heteroatoms. The largest absolute Gasteiger partial charge is 0.394 e. The average Bonchev–Trinajstić information content (AvgIpc) is 4.15. The van der Waals surface area contributed by atoms with Gasteiger partial charge in [0, 0.05) is 12.3 Å². The van der Waals surface area contributed by atoms with Crippen LogP contribution in [0.1, 0.15) is 91.9 Å². The number of hydrogen-bond acceptors (Lipinski definition) is 26. The summed E-state index contributed by atoms with van der Waals surface area (Å²) < 4.78 is 73.6. The molecule has 0 unspecified atom stereocenters. The normalized spacial score (nSPS) is 57.6. The molecule has 0 radical (unpaired) electrons. The van der Waals surface area contributed by atoms with Gasteiger partial charge in [-0.15, -0.1) is 0 Å². The number of ether oxygens (including phenoxy) is 12. The molecule has 7 aliphatic heterocycles. The Kier molecular flexibility index (Phi) is 18.4. The maximum Gasteiger partial charge on any atom is 0.187 e. The van der Waals surface area contributed by atoms with E-state index in [9.17, 15) is 71.5 Å². The Balaban J connectivity index is 0.805. The van der Waals surface area contributed by atoms with Gasteiger partial charge in [0.2, 0.25) is 0 Å². The molecule has 0 aromatic heterocycles. The standard InChI is InChI=1S/C55H90O26/c1-21-7-12-55(72-18-21)22(2)34-30(81-55)14-27-25-6-5-23-13-24(8-10-53(23,3)26(25)9-11-54(27,34)4)73-50-43(69)45(38(64)32(16-57)74-50)78-52-47(42(68)44(33(17-58)76-52)77-48-40(66)35(61)28(59)19-70-48)80-51-46(39(65)37(63)31(15-56)75-51)79-49-41(67)36(62)29(60)20-71-49/h21-52,56-69H,5-20H2,1-4H3/t21-,22-,23+,24-,25-,26+,27+,28+,29+,30-,31+,32-,33+,34-,35-,36-,37+,38-,39-,40+,41+,42-,43-,44+,45+,46+,47+,48-,49-,50-,51-,52-,53-,54-,55-/m1/s1. The first-order valence-corrected chi connectivity index (χ1v) is 29.7. The molecule has 0 amide bonds. The van der Waals surface area contributed by atoms with Crippen molar-refractivity contribution in [2.45, 2.75) is 251 Å². The highest BCUT2D eigenvalue weighted by Gasteiger charge is 2.69. The fourth-order valence-electron chi connectivity index (χ4n) is 17.1. The van der Waals surface area contributed by atoms with Crippen LogP contribution in [0.4, 0.5) is 0 Å². The predicted octanol–water partition coefficient (Wildman–Crippen LogP) is -3.81. The van der Waals surface area contributed by atoms with E-state index in [1.54, 1.807) is 0 Å². The lowest BCUT2D eigenvalue weighted by atomic mass is 9.44. The number of aliphatic hydroxyl groups is 14. The maximum atomic E-state index is 12.3. The molecular formula is C55H90O26. The molecule has 0 bridgehead atoms. The van der Waals surface area contributed by atoms with Gasteiger partial charge in [-0.25, -0.2) is 0 Å². The molecule has 466 valence electrons. The smallest absolute Gasteiger partial charge is 0.187 e. The van der Waals surface area contributed by atoms with E-state index in [0.717, 1.165) is 58.0 Å². The Morgan fingerprint density at radius 3 is 1.65 bits per heavy atom. The van der Waals surface area contributed by atoms with Crippen LogP contribution in [-0.2, 0) is 56.8 Å². The lowest BCUT2D eigenvalue weighted by Crippen LogP contribution is -2.68. The van der Waals surface area contributed by atoms with Crippen LogP contribution in [0, 0.1) is 52.3 Å². The van der Waals surface area contributed by atoms with Crippen LogP contribution in [0.3, 0.4) is 0 Å². The van der Waals surface area contributed by atoms with Crippen molar-refractivity contribution in [3.63, 3.8) is 0 Å². The summed E-state index contributed by atoms with van der Waals surface area (Å²) in [6.07, 6.45) is -31.8. The molecule has 81 heavy (non-hydrogen) atoms. The van der Waals surface area contributed by atoms with E-state index in [1.165, 1.54) is 0 Å². The van der Waals surface area contributed by atoms with Crippen molar-refractivity contribution in [3.05, 3.63) is 0 Å². The Morgan fingerprint density at radius 1 is 0.457 bits per heavy atom. The summed E-state index contributed by atoms with van der Waals surface area (Å²) in [6.45, 7) is 6.63. The lowest BCUT2D eigenvalue weighted by molar-refractivity contribution is -0.409. The van der Waals surface area contributed by atoms with Gasteiger partial charge in [0.1, 0.15) is 110 Å². The van der Waals surface area contributed by atoms with Gasteiger partial charge in [-0.3, -0.25) is 0 Å². The third-order valence-electron chi connectivity index (χ3n) is 21.7. The zero-order chi connectivity index (χ0) is 57.8. The second-order valence-electron chi connectivity index (χ2n) is 26.2. The third kappa shape index (κ3) is 10.9. The van der Waals surface area contributed by atoms with Gasteiger partial charge in [0.15, 0.2) is 37.2 Å².